The number of H-pyrrole nitrogens is 1. The maximum Gasteiger partial charge on any atom is 0.411 e. The first-order valence-electron chi connectivity index (χ1n) is 13.6. The molecule has 0 aliphatic heterocycles. The van der Waals surface area contributed by atoms with E-state index in [0.717, 1.165) is 22.4 Å². The van der Waals surface area contributed by atoms with Gasteiger partial charge >= 0.3 is 6.09 Å². The van der Waals surface area contributed by atoms with Gasteiger partial charge in [-0.3, -0.25) is 14.8 Å². The lowest BCUT2D eigenvalue weighted by Crippen LogP contribution is -2.31. The van der Waals surface area contributed by atoms with E-state index in [9.17, 15) is 9.59 Å². The number of aromatic nitrogens is 8. The maximum absolute atomic E-state index is 13.3. The van der Waals surface area contributed by atoms with Crippen LogP contribution in [0, 0.1) is 0 Å². The molecule has 0 fully saturated rings. The van der Waals surface area contributed by atoms with Crippen LogP contribution in [0.3, 0.4) is 0 Å². The Labute approximate surface area is 252 Å². The number of carbonyl (C=O) groups is 2. The second-order valence-electron chi connectivity index (χ2n) is 10.1. The van der Waals surface area contributed by atoms with E-state index in [1.54, 1.807) is 35.3 Å². The molecule has 1 atom stereocenters. The molecule has 0 spiro atoms. The number of carbonyl (C=O) groups excluding carboxylic acids is 2. The van der Waals surface area contributed by atoms with Crippen LogP contribution in [-0.4, -0.2) is 59.1 Å². The van der Waals surface area contributed by atoms with Crippen molar-refractivity contribution in [3.8, 4) is 16.9 Å². The number of amides is 2. The van der Waals surface area contributed by atoms with Crippen LogP contribution in [-0.2, 0) is 22.4 Å². The molecule has 0 bridgehead atoms. The van der Waals surface area contributed by atoms with Crippen molar-refractivity contribution >= 4 is 29.3 Å². The van der Waals surface area contributed by atoms with E-state index in [-0.39, 0.29) is 18.4 Å². The molecule has 5 rings (SSSR count). The Bertz CT molecular complexity index is 1680. The Kier molecular flexibility index (Phi) is 9.11. The normalized spacial score (nSPS) is 11.8. The molecule has 5 aromatic rings. The van der Waals surface area contributed by atoms with Gasteiger partial charge in [0.05, 0.1) is 30.7 Å². The number of nitrogens with zero attached hydrogens (tertiary/aromatic N) is 7. The van der Waals surface area contributed by atoms with Crippen LogP contribution in [0.25, 0.3) is 16.9 Å². The van der Waals surface area contributed by atoms with E-state index in [4.69, 9.17) is 16.6 Å². The van der Waals surface area contributed by atoms with E-state index in [1.165, 1.54) is 13.4 Å². The van der Waals surface area contributed by atoms with Crippen molar-refractivity contribution < 1.29 is 14.3 Å². The molecule has 43 heavy (non-hydrogen) atoms. The molecule has 0 saturated heterocycles. The van der Waals surface area contributed by atoms with E-state index >= 15 is 0 Å². The monoisotopic (exact) mass is 602 g/mol. The highest BCUT2D eigenvalue weighted by Gasteiger charge is 2.21. The van der Waals surface area contributed by atoms with Crippen molar-refractivity contribution in [1.29, 1.82) is 0 Å². The Balaban J connectivity index is 1.33. The second-order valence-corrected chi connectivity index (χ2v) is 10.6. The number of hydrogen-bond acceptors (Lipinski definition) is 8. The highest BCUT2D eigenvalue weighted by atomic mass is 35.5. The molecule has 3 aromatic heterocycles. The van der Waals surface area contributed by atoms with Gasteiger partial charge in [0.25, 0.3) is 0 Å². The highest BCUT2D eigenvalue weighted by molar-refractivity contribution is 6.30. The lowest BCUT2D eigenvalue weighted by molar-refractivity contribution is -0.121. The van der Waals surface area contributed by atoms with Gasteiger partial charge < -0.3 is 15.0 Å². The molecule has 0 saturated carbocycles. The average Bonchev–Trinajstić information content (AvgIpc) is 3.79. The SMILES string of the molecule is COC(=O)Nc1ccc(-c2c[nH]c(C(Cc3cnn(C(C)C)c3)NC(=O)CCc3cc(Cl)ccc3-n3cnnn3)n2)cc1. The van der Waals surface area contributed by atoms with Gasteiger partial charge in [-0.15, -0.1) is 5.10 Å². The van der Waals surface area contributed by atoms with Crippen molar-refractivity contribution in [2.75, 3.05) is 12.4 Å². The van der Waals surface area contributed by atoms with Gasteiger partial charge in [0.1, 0.15) is 12.2 Å². The van der Waals surface area contributed by atoms with E-state index < -0.39 is 12.1 Å². The van der Waals surface area contributed by atoms with Crippen molar-refractivity contribution in [2.45, 2.75) is 45.2 Å². The Morgan fingerprint density at radius 3 is 2.65 bits per heavy atom. The van der Waals surface area contributed by atoms with Gasteiger partial charge in [0, 0.05) is 47.6 Å². The Hall–Kier alpha value is -5.04. The number of aryl methyl sites for hydroxylation is 1. The topological polar surface area (TPSA) is 158 Å². The molecule has 1 unspecified atom stereocenters. The quantitative estimate of drug-likeness (QED) is 0.196. The van der Waals surface area contributed by atoms with Crippen LogP contribution in [0.1, 0.15) is 49.3 Å². The zero-order valence-electron chi connectivity index (χ0n) is 23.9. The van der Waals surface area contributed by atoms with Crippen LogP contribution in [0.4, 0.5) is 10.5 Å². The van der Waals surface area contributed by atoms with Crippen LogP contribution < -0.4 is 10.6 Å². The molecular formula is C29H31ClN10O3. The van der Waals surface area contributed by atoms with Crippen molar-refractivity contribution in [1.82, 2.24) is 45.3 Å². The number of imidazole rings is 1. The van der Waals surface area contributed by atoms with Gasteiger partial charge in [0.2, 0.25) is 5.91 Å². The van der Waals surface area contributed by atoms with Crippen LogP contribution in [0.5, 0.6) is 0 Å². The molecule has 2 amide bonds. The van der Waals surface area contributed by atoms with Gasteiger partial charge in [0.15, 0.2) is 0 Å². The van der Waals surface area contributed by atoms with E-state index in [2.05, 4.69) is 54.8 Å². The third kappa shape index (κ3) is 7.43. The summed E-state index contributed by atoms with van der Waals surface area (Å²) in [6.07, 6.45) is 7.65. The predicted octanol–water partition coefficient (Wildman–Crippen LogP) is 4.69. The summed E-state index contributed by atoms with van der Waals surface area (Å²) in [4.78, 5) is 32.9. The standard InChI is InChI=1S/C29H31ClN10O3/c1-18(2)39-16-19(14-33-39)12-24(28-31-15-25(36-28)20-4-8-23(9-5-20)34-29(42)43-3)35-27(41)11-6-21-13-22(30)7-10-26(21)40-17-32-37-38-40/h4-5,7-10,13-18,24H,6,11-12H2,1-3H3,(H,31,36)(H,34,42)(H,35,41). The number of ether oxygens (including phenoxy) is 1. The first-order chi connectivity index (χ1) is 20.8. The zero-order chi connectivity index (χ0) is 30.3. The molecule has 0 aliphatic carbocycles. The number of benzene rings is 2. The fraction of sp³-hybridized carbons (Fsp3) is 0.276. The molecule has 3 heterocycles. The molecule has 0 radical (unpaired) electrons. The number of methoxy groups -OCH3 is 1. The molecule has 222 valence electrons. The smallest absolute Gasteiger partial charge is 0.411 e. The number of aromatic amines is 1. The average molecular weight is 603 g/mol. The highest BCUT2D eigenvalue weighted by Crippen LogP contribution is 2.25. The lowest BCUT2D eigenvalue weighted by atomic mass is 10.1. The van der Waals surface area contributed by atoms with E-state index in [1.807, 2.05) is 35.1 Å². The summed E-state index contributed by atoms with van der Waals surface area (Å²) in [6.45, 7) is 4.11. The zero-order valence-corrected chi connectivity index (χ0v) is 24.6. The minimum atomic E-state index is -0.545. The summed E-state index contributed by atoms with van der Waals surface area (Å²) in [7, 11) is 1.31. The summed E-state index contributed by atoms with van der Waals surface area (Å²) in [5.74, 6) is 0.453. The summed E-state index contributed by atoms with van der Waals surface area (Å²) < 4.78 is 8.06. The largest absolute Gasteiger partial charge is 0.453 e. The first kappa shape index (κ1) is 29.5. The number of halogens is 1. The van der Waals surface area contributed by atoms with Crippen LogP contribution >= 0.6 is 11.6 Å². The molecule has 0 aliphatic rings. The van der Waals surface area contributed by atoms with Crippen molar-refractivity contribution in [3.63, 3.8) is 0 Å². The molecule has 3 N–H and O–H groups in total. The predicted molar refractivity (Wildman–Crippen MR) is 160 cm³/mol. The van der Waals surface area contributed by atoms with Gasteiger partial charge in [-0.25, -0.2) is 14.5 Å². The number of rotatable bonds is 11. The van der Waals surface area contributed by atoms with Crippen molar-refractivity contribution in [3.05, 3.63) is 89.4 Å². The lowest BCUT2D eigenvalue weighted by Gasteiger charge is -2.17. The first-order valence-corrected chi connectivity index (χ1v) is 14.0. The van der Waals surface area contributed by atoms with Crippen LogP contribution in [0.2, 0.25) is 5.02 Å². The van der Waals surface area contributed by atoms with Crippen LogP contribution in [0.15, 0.2) is 67.4 Å². The number of tetrazole rings is 1. The Morgan fingerprint density at radius 1 is 1.14 bits per heavy atom. The minimum Gasteiger partial charge on any atom is -0.453 e. The van der Waals surface area contributed by atoms with Gasteiger partial charge in [-0.05, 0) is 72.2 Å². The van der Waals surface area contributed by atoms with E-state index in [0.29, 0.717) is 35.1 Å². The molecule has 14 heteroatoms. The summed E-state index contributed by atoms with van der Waals surface area (Å²) >= 11 is 6.26. The molecule has 13 nitrogen and oxygen atoms in total. The van der Waals surface area contributed by atoms with Gasteiger partial charge in [-0.2, -0.15) is 5.10 Å². The summed E-state index contributed by atoms with van der Waals surface area (Å²) in [6, 6.07) is 12.4. The third-order valence-electron chi connectivity index (χ3n) is 6.76. The fourth-order valence-corrected chi connectivity index (χ4v) is 4.73. The minimum absolute atomic E-state index is 0.153. The Morgan fingerprint density at radius 2 is 1.95 bits per heavy atom. The maximum atomic E-state index is 13.3. The van der Waals surface area contributed by atoms with Gasteiger partial charge in [-0.1, -0.05) is 23.7 Å². The summed E-state index contributed by atoms with van der Waals surface area (Å²) in [5.41, 5.74) is 4.69. The van der Waals surface area contributed by atoms with Crippen molar-refractivity contribution in [2.24, 2.45) is 0 Å². The third-order valence-corrected chi connectivity index (χ3v) is 6.99. The fourth-order valence-electron chi connectivity index (χ4n) is 4.54. The summed E-state index contributed by atoms with van der Waals surface area (Å²) in [5, 5.41) is 22.2. The molecular weight excluding hydrogens is 572 g/mol. The number of hydrogen-bond donors (Lipinski definition) is 3. The second kappa shape index (κ2) is 13.3. The number of anilines is 1. The number of nitrogens with one attached hydrogen (secondary N) is 3. The molecule has 2 aromatic carbocycles.